The molecular weight excluding hydrogens is 288 g/mol. The molecule has 4 rings (SSSR count). The van der Waals surface area contributed by atoms with Gasteiger partial charge in [-0.25, -0.2) is 0 Å². The molecule has 0 atom stereocenters. The zero-order valence-corrected chi connectivity index (χ0v) is 13.3. The highest BCUT2D eigenvalue weighted by Gasteiger charge is 2.17. The van der Waals surface area contributed by atoms with Crippen LogP contribution < -0.4 is 14.4 Å². The highest BCUT2D eigenvalue weighted by Crippen LogP contribution is 2.32. The van der Waals surface area contributed by atoms with Crippen LogP contribution in [0.25, 0.3) is 0 Å². The molecule has 0 N–H and O–H groups in total. The van der Waals surface area contributed by atoms with Gasteiger partial charge in [0.05, 0.1) is 0 Å². The van der Waals surface area contributed by atoms with E-state index in [1.165, 1.54) is 11.3 Å². The molecule has 1 fully saturated rings. The zero-order chi connectivity index (χ0) is 15.5. The molecule has 1 saturated heterocycles. The first-order chi connectivity index (χ1) is 11.4. The van der Waals surface area contributed by atoms with Gasteiger partial charge in [0.25, 0.3) is 0 Å². The molecule has 4 nitrogen and oxygen atoms in total. The minimum absolute atomic E-state index is 0.347. The second-order valence-corrected chi connectivity index (χ2v) is 6.10. The summed E-state index contributed by atoms with van der Waals surface area (Å²) in [5.41, 5.74) is 2.66. The number of hydrogen-bond donors (Lipinski definition) is 0. The third kappa shape index (κ3) is 3.27. The van der Waals surface area contributed by atoms with Crippen LogP contribution in [0, 0.1) is 0 Å². The summed E-state index contributed by atoms with van der Waals surface area (Å²) in [5, 5.41) is 0. The number of anilines is 1. The number of ether oxygens (including phenoxy) is 2. The number of nitrogens with zero attached hydrogens (tertiary/aromatic N) is 2. The van der Waals surface area contributed by atoms with Crippen molar-refractivity contribution in [3.63, 3.8) is 0 Å². The summed E-state index contributed by atoms with van der Waals surface area (Å²) in [7, 11) is 0. The van der Waals surface area contributed by atoms with Crippen molar-refractivity contribution >= 4 is 5.69 Å². The highest BCUT2D eigenvalue weighted by atomic mass is 16.7. The van der Waals surface area contributed by atoms with E-state index in [-0.39, 0.29) is 0 Å². The molecule has 23 heavy (non-hydrogen) atoms. The lowest BCUT2D eigenvalue weighted by molar-refractivity contribution is 0.174. The van der Waals surface area contributed by atoms with E-state index in [2.05, 4.69) is 52.3 Å². The van der Waals surface area contributed by atoms with Gasteiger partial charge in [-0.05, 0) is 36.2 Å². The maximum Gasteiger partial charge on any atom is 0.231 e. The predicted molar refractivity (Wildman–Crippen MR) is 91.4 cm³/mol. The topological polar surface area (TPSA) is 24.9 Å². The van der Waals surface area contributed by atoms with Crippen LogP contribution in [0.2, 0.25) is 0 Å². The number of para-hydroxylation sites is 1. The van der Waals surface area contributed by atoms with Gasteiger partial charge in [-0.3, -0.25) is 4.90 Å². The molecule has 2 heterocycles. The normalized spacial score (nSPS) is 17.5. The SMILES string of the molecule is c1ccc(N2CCN(CCc3ccc4c(c3)OCO4)CC2)cc1. The first-order valence-corrected chi connectivity index (χ1v) is 8.29. The summed E-state index contributed by atoms with van der Waals surface area (Å²) in [6.45, 7) is 5.90. The van der Waals surface area contributed by atoms with Crippen molar-refractivity contribution in [3.8, 4) is 11.5 Å². The fraction of sp³-hybridized carbons (Fsp3) is 0.368. The summed E-state index contributed by atoms with van der Waals surface area (Å²) in [5.74, 6) is 1.75. The van der Waals surface area contributed by atoms with E-state index in [9.17, 15) is 0 Å². The molecule has 120 valence electrons. The van der Waals surface area contributed by atoms with Gasteiger partial charge in [-0.2, -0.15) is 0 Å². The van der Waals surface area contributed by atoms with Crippen LogP contribution in [0.3, 0.4) is 0 Å². The first-order valence-electron chi connectivity index (χ1n) is 8.29. The Morgan fingerprint density at radius 2 is 1.61 bits per heavy atom. The number of fused-ring (bicyclic) bond motifs is 1. The van der Waals surface area contributed by atoms with Gasteiger partial charge in [0.2, 0.25) is 6.79 Å². The van der Waals surface area contributed by atoms with Crippen LogP contribution in [0.4, 0.5) is 5.69 Å². The Hall–Kier alpha value is -2.20. The minimum Gasteiger partial charge on any atom is -0.454 e. The Bertz CT molecular complexity index is 652. The van der Waals surface area contributed by atoms with Gasteiger partial charge in [0, 0.05) is 38.4 Å². The smallest absolute Gasteiger partial charge is 0.231 e. The largest absolute Gasteiger partial charge is 0.454 e. The predicted octanol–water partition coefficient (Wildman–Crippen LogP) is 2.78. The Kier molecular flexibility index (Phi) is 4.07. The van der Waals surface area contributed by atoms with Gasteiger partial charge in [0.1, 0.15) is 0 Å². The molecule has 4 heteroatoms. The Labute approximate surface area is 137 Å². The molecule has 2 aliphatic heterocycles. The zero-order valence-electron chi connectivity index (χ0n) is 13.3. The van der Waals surface area contributed by atoms with Crippen molar-refractivity contribution in [1.82, 2.24) is 4.90 Å². The van der Waals surface area contributed by atoms with Crippen LogP contribution in [0.5, 0.6) is 11.5 Å². The quantitative estimate of drug-likeness (QED) is 0.867. The lowest BCUT2D eigenvalue weighted by Gasteiger charge is -2.36. The van der Waals surface area contributed by atoms with Crippen molar-refractivity contribution in [2.45, 2.75) is 6.42 Å². The Balaban J connectivity index is 1.28. The number of benzene rings is 2. The molecule has 2 aliphatic rings. The van der Waals surface area contributed by atoms with E-state index in [0.29, 0.717) is 6.79 Å². The molecule has 2 aromatic rings. The molecule has 0 unspecified atom stereocenters. The lowest BCUT2D eigenvalue weighted by atomic mass is 10.1. The van der Waals surface area contributed by atoms with E-state index in [1.807, 2.05) is 6.07 Å². The lowest BCUT2D eigenvalue weighted by Crippen LogP contribution is -2.46. The summed E-state index contributed by atoms with van der Waals surface area (Å²) in [4.78, 5) is 5.01. The van der Waals surface area contributed by atoms with Crippen molar-refractivity contribution in [3.05, 3.63) is 54.1 Å². The summed E-state index contributed by atoms with van der Waals surface area (Å²) < 4.78 is 10.8. The third-order valence-corrected chi connectivity index (χ3v) is 4.65. The van der Waals surface area contributed by atoms with Crippen molar-refractivity contribution in [1.29, 1.82) is 0 Å². The second kappa shape index (κ2) is 6.50. The van der Waals surface area contributed by atoms with Crippen molar-refractivity contribution in [2.24, 2.45) is 0 Å². The molecule has 0 saturated carbocycles. The van der Waals surface area contributed by atoms with Gasteiger partial charge in [-0.1, -0.05) is 24.3 Å². The molecule has 0 aromatic heterocycles. The van der Waals surface area contributed by atoms with Gasteiger partial charge >= 0.3 is 0 Å². The summed E-state index contributed by atoms with van der Waals surface area (Å²) in [6.07, 6.45) is 1.06. The molecule has 0 bridgehead atoms. The van der Waals surface area contributed by atoms with Crippen LogP contribution in [0.1, 0.15) is 5.56 Å². The second-order valence-electron chi connectivity index (χ2n) is 6.10. The maximum atomic E-state index is 5.45. The average molecular weight is 310 g/mol. The molecule has 0 amide bonds. The molecule has 0 spiro atoms. The van der Waals surface area contributed by atoms with E-state index in [0.717, 1.165) is 50.6 Å². The van der Waals surface area contributed by atoms with Crippen molar-refractivity contribution in [2.75, 3.05) is 44.4 Å². The van der Waals surface area contributed by atoms with E-state index in [4.69, 9.17) is 9.47 Å². The molecule has 0 aliphatic carbocycles. The summed E-state index contributed by atoms with van der Waals surface area (Å²) >= 11 is 0. The number of rotatable bonds is 4. The van der Waals surface area contributed by atoms with E-state index < -0.39 is 0 Å². The number of piperazine rings is 1. The van der Waals surface area contributed by atoms with E-state index >= 15 is 0 Å². The van der Waals surface area contributed by atoms with Crippen LogP contribution >= 0.6 is 0 Å². The highest BCUT2D eigenvalue weighted by molar-refractivity contribution is 5.46. The average Bonchev–Trinajstić information content (AvgIpc) is 3.09. The van der Waals surface area contributed by atoms with Crippen LogP contribution in [-0.2, 0) is 6.42 Å². The molecule has 0 radical (unpaired) electrons. The standard InChI is InChI=1S/C19H22N2O2/c1-2-4-17(5-3-1)21-12-10-20(11-13-21)9-8-16-6-7-18-19(14-16)23-15-22-18/h1-7,14H,8-13,15H2. The molecule has 2 aromatic carbocycles. The van der Waals surface area contributed by atoms with Crippen LogP contribution in [0.15, 0.2) is 48.5 Å². The first kappa shape index (κ1) is 14.4. The fourth-order valence-electron chi connectivity index (χ4n) is 3.25. The Morgan fingerprint density at radius 3 is 2.43 bits per heavy atom. The fourth-order valence-corrected chi connectivity index (χ4v) is 3.25. The molecular formula is C19H22N2O2. The van der Waals surface area contributed by atoms with Gasteiger partial charge in [-0.15, -0.1) is 0 Å². The Morgan fingerprint density at radius 1 is 0.826 bits per heavy atom. The van der Waals surface area contributed by atoms with Gasteiger partial charge < -0.3 is 14.4 Å². The third-order valence-electron chi connectivity index (χ3n) is 4.65. The minimum atomic E-state index is 0.347. The van der Waals surface area contributed by atoms with Gasteiger partial charge in [0.15, 0.2) is 11.5 Å². The summed E-state index contributed by atoms with van der Waals surface area (Å²) in [6, 6.07) is 17.0. The monoisotopic (exact) mass is 310 g/mol. The van der Waals surface area contributed by atoms with E-state index in [1.54, 1.807) is 0 Å². The van der Waals surface area contributed by atoms with Crippen LogP contribution in [-0.4, -0.2) is 44.4 Å². The van der Waals surface area contributed by atoms with Crippen molar-refractivity contribution < 1.29 is 9.47 Å². The maximum absolute atomic E-state index is 5.45. The number of hydrogen-bond acceptors (Lipinski definition) is 4.